The van der Waals surface area contributed by atoms with E-state index in [1.165, 1.54) is 0 Å². The van der Waals surface area contributed by atoms with Gasteiger partial charge in [-0.15, -0.1) is 0 Å². The number of carboxylic acids is 1. The molecule has 0 aromatic heterocycles. The Morgan fingerprint density at radius 3 is 2.37 bits per heavy atom. The molecule has 0 aromatic carbocycles. The summed E-state index contributed by atoms with van der Waals surface area (Å²) >= 11 is 0. The first-order valence-electron chi connectivity index (χ1n) is 6.85. The first kappa shape index (κ1) is 15.9. The van der Waals surface area contributed by atoms with E-state index in [0.29, 0.717) is 19.4 Å². The Balaban J connectivity index is 2.14. The number of carboxylic acid groups (broad SMARTS) is 1. The number of piperazine rings is 1. The van der Waals surface area contributed by atoms with Crippen molar-refractivity contribution in [1.29, 1.82) is 0 Å². The molecule has 1 saturated heterocycles. The molecule has 0 aromatic rings. The van der Waals surface area contributed by atoms with Gasteiger partial charge >= 0.3 is 5.97 Å². The van der Waals surface area contributed by atoms with Gasteiger partial charge in [0.2, 0.25) is 5.91 Å². The van der Waals surface area contributed by atoms with E-state index in [-0.39, 0.29) is 12.3 Å². The molecule has 1 aliphatic rings. The number of amides is 1. The number of carbonyl (C=O) groups is 2. The number of rotatable bonds is 7. The third kappa shape index (κ3) is 6.54. The van der Waals surface area contributed by atoms with Gasteiger partial charge in [-0.3, -0.25) is 9.59 Å². The molecule has 6 nitrogen and oxygen atoms in total. The summed E-state index contributed by atoms with van der Waals surface area (Å²) in [6.07, 6.45) is 1.16. The smallest absolute Gasteiger partial charge is 0.303 e. The lowest BCUT2D eigenvalue weighted by Gasteiger charge is -2.32. The number of likely N-dealkylation sites (N-methyl/N-ethyl adjacent to an activating group) is 1. The molecule has 0 radical (unpaired) electrons. The average molecular weight is 271 g/mol. The fourth-order valence-corrected chi connectivity index (χ4v) is 2.11. The largest absolute Gasteiger partial charge is 0.481 e. The summed E-state index contributed by atoms with van der Waals surface area (Å²) in [6.45, 7) is 5.48. The minimum Gasteiger partial charge on any atom is -0.481 e. The Hall–Kier alpha value is -1.14. The summed E-state index contributed by atoms with van der Waals surface area (Å²) in [6, 6.07) is 0. The van der Waals surface area contributed by atoms with E-state index >= 15 is 0 Å². The highest BCUT2D eigenvalue weighted by Gasteiger charge is 2.16. The van der Waals surface area contributed by atoms with Crippen molar-refractivity contribution in [2.24, 2.45) is 0 Å². The van der Waals surface area contributed by atoms with Crippen LogP contribution in [0.1, 0.15) is 19.3 Å². The van der Waals surface area contributed by atoms with Gasteiger partial charge < -0.3 is 19.8 Å². The second-order valence-corrected chi connectivity index (χ2v) is 5.21. The lowest BCUT2D eigenvalue weighted by Crippen LogP contribution is -2.45. The summed E-state index contributed by atoms with van der Waals surface area (Å²) < 4.78 is 0. The van der Waals surface area contributed by atoms with E-state index in [0.717, 1.165) is 32.7 Å². The molecule has 0 unspecified atom stereocenters. The molecule has 1 amide bonds. The Kier molecular flexibility index (Phi) is 6.80. The van der Waals surface area contributed by atoms with E-state index in [1.54, 1.807) is 11.9 Å². The Morgan fingerprint density at radius 1 is 1.16 bits per heavy atom. The van der Waals surface area contributed by atoms with E-state index in [1.807, 2.05) is 0 Å². The van der Waals surface area contributed by atoms with Crippen molar-refractivity contribution in [3.05, 3.63) is 0 Å². The Morgan fingerprint density at radius 2 is 1.79 bits per heavy atom. The molecule has 0 atom stereocenters. The average Bonchev–Trinajstić information content (AvgIpc) is 2.37. The van der Waals surface area contributed by atoms with Crippen LogP contribution >= 0.6 is 0 Å². The van der Waals surface area contributed by atoms with Gasteiger partial charge in [0.05, 0.1) is 0 Å². The topological polar surface area (TPSA) is 64.1 Å². The second kappa shape index (κ2) is 8.12. The van der Waals surface area contributed by atoms with Gasteiger partial charge in [-0.1, -0.05) is 0 Å². The Bertz CT molecular complexity index is 302. The minimum atomic E-state index is -0.807. The predicted molar refractivity (Wildman–Crippen MR) is 73.1 cm³/mol. The second-order valence-electron chi connectivity index (χ2n) is 5.21. The molecular weight excluding hydrogens is 246 g/mol. The highest BCUT2D eigenvalue weighted by Crippen LogP contribution is 2.02. The fraction of sp³-hybridized carbons (Fsp3) is 0.846. The standard InChI is InChI=1S/C13H25N3O3/c1-14-8-10-16(11-9-14)7-5-12(17)15(2)6-3-4-13(18)19/h3-11H2,1-2H3,(H,18,19). The van der Waals surface area contributed by atoms with Crippen LogP contribution in [0, 0.1) is 0 Å². The van der Waals surface area contributed by atoms with Crippen molar-refractivity contribution >= 4 is 11.9 Å². The van der Waals surface area contributed by atoms with Gasteiger partial charge in [0, 0.05) is 59.2 Å². The summed E-state index contributed by atoms with van der Waals surface area (Å²) in [7, 11) is 3.85. The Labute approximate surface area is 115 Å². The van der Waals surface area contributed by atoms with Crippen LogP contribution in [0.15, 0.2) is 0 Å². The molecule has 1 heterocycles. The summed E-state index contributed by atoms with van der Waals surface area (Å²) in [5.74, 6) is -0.706. The molecule has 0 saturated carbocycles. The molecule has 1 aliphatic heterocycles. The lowest BCUT2D eigenvalue weighted by atomic mass is 10.2. The zero-order valence-corrected chi connectivity index (χ0v) is 12.0. The maximum absolute atomic E-state index is 11.9. The van der Waals surface area contributed by atoms with Crippen LogP contribution in [0.2, 0.25) is 0 Å². The van der Waals surface area contributed by atoms with Crippen molar-refractivity contribution in [2.75, 3.05) is 53.4 Å². The van der Waals surface area contributed by atoms with Crippen molar-refractivity contribution in [1.82, 2.24) is 14.7 Å². The highest BCUT2D eigenvalue weighted by atomic mass is 16.4. The number of hydrogen-bond acceptors (Lipinski definition) is 4. The number of aliphatic carboxylic acids is 1. The number of hydrogen-bond donors (Lipinski definition) is 1. The van der Waals surface area contributed by atoms with Gasteiger partial charge in [0.25, 0.3) is 0 Å². The first-order chi connectivity index (χ1) is 8.99. The van der Waals surface area contributed by atoms with Crippen LogP contribution in [-0.2, 0) is 9.59 Å². The zero-order chi connectivity index (χ0) is 14.3. The fourth-order valence-electron chi connectivity index (χ4n) is 2.11. The summed E-state index contributed by atoms with van der Waals surface area (Å²) in [5.41, 5.74) is 0. The molecule has 0 aliphatic carbocycles. The van der Waals surface area contributed by atoms with E-state index in [4.69, 9.17) is 5.11 Å². The van der Waals surface area contributed by atoms with Crippen LogP contribution in [-0.4, -0.2) is 85.0 Å². The minimum absolute atomic E-state index is 0.101. The maximum atomic E-state index is 11.9. The van der Waals surface area contributed by atoms with Crippen LogP contribution in [0.3, 0.4) is 0 Å². The van der Waals surface area contributed by atoms with Gasteiger partial charge in [0.1, 0.15) is 0 Å². The zero-order valence-electron chi connectivity index (χ0n) is 12.0. The van der Waals surface area contributed by atoms with E-state index in [9.17, 15) is 9.59 Å². The third-order valence-corrected chi connectivity index (χ3v) is 3.55. The van der Waals surface area contributed by atoms with E-state index in [2.05, 4.69) is 16.8 Å². The van der Waals surface area contributed by atoms with Crippen molar-refractivity contribution in [3.63, 3.8) is 0 Å². The third-order valence-electron chi connectivity index (χ3n) is 3.55. The van der Waals surface area contributed by atoms with Crippen LogP contribution in [0.5, 0.6) is 0 Å². The lowest BCUT2D eigenvalue weighted by molar-refractivity contribution is -0.138. The molecule has 19 heavy (non-hydrogen) atoms. The molecule has 1 fully saturated rings. The monoisotopic (exact) mass is 271 g/mol. The molecule has 1 rings (SSSR count). The first-order valence-corrected chi connectivity index (χ1v) is 6.85. The van der Waals surface area contributed by atoms with Crippen molar-refractivity contribution in [3.8, 4) is 0 Å². The van der Waals surface area contributed by atoms with Crippen molar-refractivity contribution in [2.45, 2.75) is 19.3 Å². The SMILES string of the molecule is CN1CCN(CCC(=O)N(C)CCCC(=O)O)CC1. The molecular formula is C13H25N3O3. The van der Waals surface area contributed by atoms with Crippen LogP contribution < -0.4 is 0 Å². The molecule has 1 N–H and O–H groups in total. The van der Waals surface area contributed by atoms with Crippen molar-refractivity contribution < 1.29 is 14.7 Å². The van der Waals surface area contributed by atoms with Gasteiger partial charge in [0.15, 0.2) is 0 Å². The normalized spacial score (nSPS) is 17.4. The van der Waals surface area contributed by atoms with E-state index < -0.39 is 5.97 Å². The van der Waals surface area contributed by atoms with Crippen LogP contribution in [0.25, 0.3) is 0 Å². The quantitative estimate of drug-likeness (QED) is 0.703. The van der Waals surface area contributed by atoms with Gasteiger partial charge in [-0.05, 0) is 13.5 Å². The maximum Gasteiger partial charge on any atom is 0.303 e. The highest BCUT2D eigenvalue weighted by molar-refractivity contribution is 5.76. The number of nitrogens with zero attached hydrogens (tertiary/aromatic N) is 3. The molecule has 6 heteroatoms. The predicted octanol–water partition coefficient (Wildman–Crippen LogP) is -0.0529. The van der Waals surface area contributed by atoms with Gasteiger partial charge in [-0.25, -0.2) is 0 Å². The summed E-state index contributed by atoms with van der Waals surface area (Å²) in [5, 5.41) is 8.55. The van der Waals surface area contributed by atoms with Gasteiger partial charge in [-0.2, -0.15) is 0 Å². The molecule has 110 valence electrons. The van der Waals surface area contributed by atoms with Crippen LogP contribution in [0.4, 0.5) is 0 Å². The summed E-state index contributed by atoms with van der Waals surface area (Å²) in [4.78, 5) is 28.5. The number of carbonyl (C=O) groups excluding carboxylic acids is 1. The molecule has 0 spiro atoms. The molecule has 0 bridgehead atoms.